The minimum Gasteiger partial charge on any atom is -0.503 e. The first-order valence-electron chi connectivity index (χ1n) is 8.69. The number of nitrogens with zero attached hydrogens (tertiary/aromatic N) is 2. The number of hydrogen-bond acceptors (Lipinski definition) is 4. The van der Waals surface area contributed by atoms with Crippen molar-refractivity contribution in [3.8, 4) is 22.6 Å². The molecule has 134 valence electrons. The zero-order valence-electron chi connectivity index (χ0n) is 14.8. The standard InChI is InChI=1S/C22H19N3O2/c1-14(23)20-10-21(26)22(27)13-25(20)17-7-4-6-15(9-17)19-12-24-11-16-5-2-3-8-18(16)19/h2-14,27H,23H2,1H3. The second-order valence-corrected chi connectivity index (χ2v) is 6.56. The van der Waals surface area contributed by atoms with E-state index < -0.39 is 5.43 Å². The number of fused-ring (bicyclic) bond motifs is 1. The van der Waals surface area contributed by atoms with Crippen molar-refractivity contribution in [2.45, 2.75) is 13.0 Å². The largest absolute Gasteiger partial charge is 0.503 e. The highest BCUT2D eigenvalue weighted by molar-refractivity contribution is 5.95. The van der Waals surface area contributed by atoms with Gasteiger partial charge in [-0.15, -0.1) is 0 Å². The van der Waals surface area contributed by atoms with Crippen molar-refractivity contribution in [1.82, 2.24) is 9.55 Å². The molecule has 0 fully saturated rings. The lowest BCUT2D eigenvalue weighted by Gasteiger charge is -2.17. The number of rotatable bonds is 3. The Bertz CT molecular complexity index is 1190. The normalized spacial score (nSPS) is 12.2. The summed E-state index contributed by atoms with van der Waals surface area (Å²) in [5.41, 5.74) is 9.05. The van der Waals surface area contributed by atoms with E-state index in [1.807, 2.05) is 54.9 Å². The molecule has 0 aliphatic carbocycles. The molecule has 1 unspecified atom stereocenters. The van der Waals surface area contributed by atoms with Gasteiger partial charge in [-0.3, -0.25) is 9.78 Å². The zero-order chi connectivity index (χ0) is 19.0. The maximum atomic E-state index is 11.8. The monoisotopic (exact) mass is 357 g/mol. The highest BCUT2D eigenvalue weighted by Gasteiger charge is 2.12. The molecule has 2 aromatic carbocycles. The molecule has 2 heterocycles. The van der Waals surface area contributed by atoms with Crippen LogP contribution in [-0.4, -0.2) is 14.7 Å². The Kier molecular flexibility index (Phi) is 4.22. The van der Waals surface area contributed by atoms with Crippen LogP contribution in [-0.2, 0) is 0 Å². The van der Waals surface area contributed by atoms with Crippen molar-refractivity contribution in [1.29, 1.82) is 0 Å². The summed E-state index contributed by atoms with van der Waals surface area (Å²) in [6.45, 7) is 1.81. The third kappa shape index (κ3) is 3.09. The molecule has 0 bridgehead atoms. The summed E-state index contributed by atoms with van der Waals surface area (Å²) in [4.78, 5) is 16.2. The first kappa shape index (κ1) is 17.0. The van der Waals surface area contributed by atoms with Gasteiger partial charge in [0.1, 0.15) is 0 Å². The third-order valence-corrected chi connectivity index (χ3v) is 4.63. The second kappa shape index (κ2) is 6.70. The molecule has 0 saturated heterocycles. The minimum absolute atomic E-state index is 0.309. The van der Waals surface area contributed by atoms with Crippen LogP contribution in [0, 0.1) is 0 Å². The Morgan fingerprint density at radius 2 is 1.89 bits per heavy atom. The SMILES string of the molecule is CC(N)c1cc(=O)c(O)cn1-c1cccc(-c2cncc3ccccc23)c1. The zero-order valence-corrected chi connectivity index (χ0v) is 14.8. The topological polar surface area (TPSA) is 81.1 Å². The van der Waals surface area contributed by atoms with E-state index in [1.54, 1.807) is 11.5 Å². The molecule has 1 atom stereocenters. The summed E-state index contributed by atoms with van der Waals surface area (Å²) < 4.78 is 1.75. The molecule has 4 rings (SSSR count). The van der Waals surface area contributed by atoms with E-state index >= 15 is 0 Å². The number of nitrogens with two attached hydrogens (primary N) is 1. The van der Waals surface area contributed by atoms with Crippen LogP contribution in [0.2, 0.25) is 0 Å². The van der Waals surface area contributed by atoms with Crippen molar-refractivity contribution in [3.05, 3.63) is 89.1 Å². The van der Waals surface area contributed by atoms with Crippen molar-refractivity contribution in [2.75, 3.05) is 0 Å². The Hall–Kier alpha value is -3.44. The van der Waals surface area contributed by atoms with Crippen LogP contribution < -0.4 is 11.2 Å². The first-order valence-corrected chi connectivity index (χ1v) is 8.69. The van der Waals surface area contributed by atoms with Gasteiger partial charge in [0.05, 0.1) is 6.20 Å². The first-order chi connectivity index (χ1) is 13.0. The lowest BCUT2D eigenvalue weighted by atomic mass is 10.0. The van der Waals surface area contributed by atoms with Crippen LogP contribution in [0.4, 0.5) is 0 Å². The summed E-state index contributed by atoms with van der Waals surface area (Å²) in [7, 11) is 0. The van der Waals surface area contributed by atoms with Gasteiger partial charge in [0.15, 0.2) is 5.75 Å². The van der Waals surface area contributed by atoms with E-state index in [1.165, 1.54) is 12.3 Å². The van der Waals surface area contributed by atoms with E-state index in [4.69, 9.17) is 5.73 Å². The maximum absolute atomic E-state index is 11.8. The molecule has 2 aromatic heterocycles. The van der Waals surface area contributed by atoms with E-state index in [0.717, 1.165) is 27.6 Å². The van der Waals surface area contributed by atoms with Crippen LogP contribution in [0.15, 0.2) is 78.0 Å². The van der Waals surface area contributed by atoms with Crippen molar-refractivity contribution in [2.24, 2.45) is 5.73 Å². The second-order valence-electron chi connectivity index (χ2n) is 6.56. The summed E-state index contributed by atoms with van der Waals surface area (Å²) in [5.74, 6) is -0.309. The Morgan fingerprint density at radius 1 is 1.07 bits per heavy atom. The fourth-order valence-corrected chi connectivity index (χ4v) is 3.28. The van der Waals surface area contributed by atoms with Crippen LogP contribution in [0.5, 0.6) is 5.75 Å². The molecule has 0 aliphatic heterocycles. The predicted octanol–water partition coefficient (Wildman–Crippen LogP) is 3.78. The van der Waals surface area contributed by atoms with Crippen molar-refractivity contribution in [3.63, 3.8) is 0 Å². The third-order valence-electron chi connectivity index (χ3n) is 4.63. The minimum atomic E-state index is -0.437. The predicted molar refractivity (Wildman–Crippen MR) is 107 cm³/mol. The van der Waals surface area contributed by atoms with Gasteiger partial charge in [0.2, 0.25) is 5.43 Å². The van der Waals surface area contributed by atoms with Crippen molar-refractivity contribution >= 4 is 10.8 Å². The Morgan fingerprint density at radius 3 is 2.70 bits per heavy atom. The van der Waals surface area contributed by atoms with Gasteiger partial charge < -0.3 is 15.4 Å². The van der Waals surface area contributed by atoms with Crippen LogP contribution in [0.3, 0.4) is 0 Å². The molecule has 0 saturated carbocycles. The molecule has 5 nitrogen and oxygen atoms in total. The Labute approximate surface area is 156 Å². The van der Waals surface area contributed by atoms with E-state index in [0.29, 0.717) is 5.69 Å². The molecule has 0 aliphatic rings. The number of pyridine rings is 2. The summed E-state index contributed by atoms with van der Waals surface area (Å²) in [5, 5.41) is 12.1. The van der Waals surface area contributed by atoms with Gasteiger partial charge in [-0.25, -0.2) is 0 Å². The van der Waals surface area contributed by atoms with E-state index in [2.05, 4.69) is 11.1 Å². The van der Waals surface area contributed by atoms with Gasteiger partial charge in [0.25, 0.3) is 0 Å². The number of benzene rings is 2. The lowest BCUT2D eigenvalue weighted by molar-refractivity contribution is 0.463. The van der Waals surface area contributed by atoms with E-state index in [-0.39, 0.29) is 11.8 Å². The fraction of sp³-hybridized carbons (Fsp3) is 0.0909. The number of aromatic nitrogens is 2. The maximum Gasteiger partial charge on any atom is 0.223 e. The van der Waals surface area contributed by atoms with Crippen LogP contribution in [0.1, 0.15) is 18.7 Å². The smallest absolute Gasteiger partial charge is 0.223 e. The summed E-state index contributed by atoms with van der Waals surface area (Å²) in [6, 6.07) is 17.0. The molecule has 4 aromatic rings. The summed E-state index contributed by atoms with van der Waals surface area (Å²) in [6.07, 6.45) is 5.11. The van der Waals surface area contributed by atoms with Gasteiger partial charge >= 0.3 is 0 Å². The van der Waals surface area contributed by atoms with Gasteiger partial charge in [-0.1, -0.05) is 36.4 Å². The quantitative estimate of drug-likeness (QED) is 0.585. The molecule has 0 spiro atoms. The molecule has 27 heavy (non-hydrogen) atoms. The van der Waals surface area contributed by atoms with Crippen molar-refractivity contribution < 1.29 is 5.11 Å². The van der Waals surface area contributed by atoms with Crippen LogP contribution in [0.25, 0.3) is 27.6 Å². The number of aromatic hydroxyl groups is 1. The molecule has 3 N–H and O–H groups in total. The van der Waals surface area contributed by atoms with Gasteiger partial charge in [0, 0.05) is 46.8 Å². The van der Waals surface area contributed by atoms with Gasteiger partial charge in [-0.2, -0.15) is 0 Å². The molecule has 0 radical (unpaired) electrons. The number of hydrogen-bond donors (Lipinski definition) is 2. The summed E-state index contributed by atoms with van der Waals surface area (Å²) >= 11 is 0. The fourth-order valence-electron chi connectivity index (χ4n) is 3.28. The van der Waals surface area contributed by atoms with E-state index in [9.17, 15) is 9.90 Å². The van der Waals surface area contributed by atoms with Gasteiger partial charge in [-0.05, 0) is 30.0 Å². The lowest BCUT2D eigenvalue weighted by Crippen LogP contribution is -2.17. The average Bonchev–Trinajstić information content (AvgIpc) is 2.69. The molecular weight excluding hydrogens is 338 g/mol. The Balaban J connectivity index is 1.92. The highest BCUT2D eigenvalue weighted by Crippen LogP contribution is 2.29. The highest BCUT2D eigenvalue weighted by atomic mass is 16.3. The molecular formula is C22H19N3O2. The molecule has 5 heteroatoms. The average molecular weight is 357 g/mol. The van der Waals surface area contributed by atoms with Crippen LogP contribution >= 0.6 is 0 Å². The molecule has 0 amide bonds.